The second-order valence-electron chi connectivity index (χ2n) is 3.77. The minimum atomic E-state index is -0.101. The van der Waals surface area contributed by atoms with E-state index in [1.165, 1.54) is 6.20 Å². The molecule has 2 rings (SSSR count). The van der Waals surface area contributed by atoms with Crippen LogP contribution in [0.4, 0.5) is 0 Å². The monoisotopic (exact) mass is 224 g/mol. The number of nitriles is 1. The Bertz CT molecular complexity index is 552. The average molecular weight is 224 g/mol. The summed E-state index contributed by atoms with van der Waals surface area (Å²) in [4.78, 5) is 8.52. The van der Waals surface area contributed by atoms with E-state index >= 15 is 0 Å². The lowest BCUT2D eigenvalue weighted by Gasteiger charge is -2.10. The van der Waals surface area contributed by atoms with E-state index in [-0.39, 0.29) is 6.04 Å². The van der Waals surface area contributed by atoms with E-state index in [0.717, 1.165) is 17.0 Å². The zero-order chi connectivity index (χ0) is 12.3. The van der Waals surface area contributed by atoms with Crippen molar-refractivity contribution in [2.45, 2.75) is 13.0 Å². The molecule has 0 aliphatic rings. The first-order chi connectivity index (χ1) is 8.22. The van der Waals surface area contributed by atoms with Crippen molar-refractivity contribution >= 4 is 0 Å². The highest BCUT2D eigenvalue weighted by atomic mass is 14.8. The molecule has 1 atom stereocenters. The van der Waals surface area contributed by atoms with Crippen LogP contribution in [0.15, 0.2) is 36.7 Å². The maximum atomic E-state index is 8.72. The number of hydrogen-bond acceptors (Lipinski definition) is 4. The lowest BCUT2D eigenvalue weighted by molar-refractivity contribution is 0.813. The van der Waals surface area contributed by atoms with Gasteiger partial charge in [0.05, 0.1) is 17.0 Å². The zero-order valence-corrected chi connectivity index (χ0v) is 9.46. The molecule has 0 aliphatic heterocycles. The molecule has 2 heterocycles. The van der Waals surface area contributed by atoms with Crippen LogP contribution in [-0.4, -0.2) is 9.97 Å². The van der Waals surface area contributed by atoms with Gasteiger partial charge in [0.15, 0.2) is 0 Å². The number of nitrogens with two attached hydrogens (primary N) is 1. The Morgan fingerprint density at radius 3 is 2.71 bits per heavy atom. The standard InChI is InChI=1S/C13H12N4/c1-9(15)11-3-2-6-16-13(11)12-5-4-10(7-14)8-17-12/h2-6,8-9H,15H2,1H3/t9-/m0/s1. The van der Waals surface area contributed by atoms with Crippen LogP contribution >= 0.6 is 0 Å². The summed E-state index contributed by atoms with van der Waals surface area (Å²) < 4.78 is 0. The summed E-state index contributed by atoms with van der Waals surface area (Å²) in [6, 6.07) is 9.23. The Hall–Kier alpha value is -2.25. The second-order valence-corrected chi connectivity index (χ2v) is 3.77. The molecule has 0 radical (unpaired) electrons. The Labute approximate surface area is 99.8 Å². The third kappa shape index (κ3) is 2.30. The molecule has 4 nitrogen and oxygen atoms in total. The summed E-state index contributed by atoms with van der Waals surface area (Å²) in [6.07, 6.45) is 3.25. The van der Waals surface area contributed by atoms with Crippen molar-refractivity contribution in [2.75, 3.05) is 0 Å². The van der Waals surface area contributed by atoms with E-state index in [4.69, 9.17) is 11.0 Å². The van der Waals surface area contributed by atoms with Gasteiger partial charge in [-0.3, -0.25) is 9.97 Å². The van der Waals surface area contributed by atoms with Crippen LogP contribution in [0.2, 0.25) is 0 Å². The molecule has 0 bridgehead atoms. The molecule has 0 saturated carbocycles. The van der Waals surface area contributed by atoms with Crippen LogP contribution in [0, 0.1) is 11.3 Å². The van der Waals surface area contributed by atoms with Crippen LogP contribution in [0.5, 0.6) is 0 Å². The molecule has 17 heavy (non-hydrogen) atoms. The van der Waals surface area contributed by atoms with Gasteiger partial charge in [0.25, 0.3) is 0 Å². The highest BCUT2D eigenvalue weighted by molar-refractivity contribution is 5.59. The quantitative estimate of drug-likeness (QED) is 0.846. The maximum Gasteiger partial charge on any atom is 0.101 e. The first kappa shape index (κ1) is 11.2. The largest absolute Gasteiger partial charge is 0.324 e. The van der Waals surface area contributed by atoms with Gasteiger partial charge >= 0.3 is 0 Å². The molecular weight excluding hydrogens is 212 g/mol. The van der Waals surface area contributed by atoms with Gasteiger partial charge in [0.1, 0.15) is 6.07 Å². The molecule has 2 N–H and O–H groups in total. The molecule has 84 valence electrons. The summed E-state index contributed by atoms with van der Waals surface area (Å²) in [7, 11) is 0. The number of hydrogen-bond donors (Lipinski definition) is 1. The van der Waals surface area contributed by atoms with E-state index in [2.05, 4.69) is 9.97 Å². The molecular formula is C13H12N4. The van der Waals surface area contributed by atoms with Gasteiger partial charge in [-0.25, -0.2) is 0 Å². The third-order valence-electron chi connectivity index (χ3n) is 2.46. The molecule has 2 aromatic rings. The molecule has 4 heteroatoms. The first-order valence-corrected chi connectivity index (χ1v) is 5.29. The lowest BCUT2D eigenvalue weighted by atomic mass is 10.0. The molecule has 0 spiro atoms. The summed E-state index contributed by atoms with van der Waals surface area (Å²) in [5.41, 5.74) is 8.87. The van der Waals surface area contributed by atoms with E-state index in [1.54, 1.807) is 18.3 Å². The van der Waals surface area contributed by atoms with Gasteiger partial charge in [-0.05, 0) is 30.7 Å². The van der Waals surface area contributed by atoms with E-state index in [9.17, 15) is 0 Å². The second kappa shape index (κ2) is 4.73. The van der Waals surface area contributed by atoms with Crippen LogP contribution in [-0.2, 0) is 0 Å². The van der Waals surface area contributed by atoms with Crippen molar-refractivity contribution in [1.82, 2.24) is 9.97 Å². The van der Waals surface area contributed by atoms with E-state index in [0.29, 0.717) is 5.56 Å². The van der Waals surface area contributed by atoms with Crippen molar-refractivity contribution < 1.29 is 0 Å². The van der Waals surface area contributed by atoms with Crippen molar-refractivity contribution in [2.24, 2.45) is 5.73 Å². The van der Waals surface area contributed by atoms with E-state index in [1.807, 2.05) is 25.1 Å². The first-order valence-electron chi connectivity index (χ1n) is 5.29. The van der Waals surface area contributed by atoms with Crippen LogP contribution in [0.1, 0.15) is 24.1 Å². The molecule has 2 aromatic heterocycles. The minimum Gasteiger partial charge on any atom is -0.324 e. The Kier molecular flexibility index (Phi) is 3.12. The summed E-state index contributed by atoms with van der Waals surface area (Å²) in [5.74, 6) is 0. The predicted molar refractivity (Wildman–Crippen MR) is 64.8 cm³/mol. The Morgan fingerprint density at radius 1 is 1.29 bits per heavy atom. The highest BCUT2D eigenvalue weighted by Crippen LogP contribution is 2.23. The molecule has 0 aliphatic carbocycles. The summed E-state index contributed by atoms with van der Waals surface area (Å²) >= 11 is 0. The van der Waals surface area contributed by atoms with Gasteiger partial charge < -0.3 is 5.73 Å². The van der Waals surface area contributed by atoms with Gasteiger partial charge in [0, 0.05) is 18.4 Å². The predicted octanol–water partition coefficient (Wildman–Crippen LogP) is 2.03. The van der Waals surface area contributed by atoms with Crippen molar-refractivity contribution in [3.63, 3.8) is 0 Å². The maximum absolute atomic E-state index is 8.72. The van der Waals surface area contributed by atoms with Gasteiger partial charge in [-0.15, -0.1) is 0 Å². The fourth-order valence-corrected chi connectivity index (χ4v) is 1.60. The number of rotatable bonds is 2. The van der Waals surface area contributed by atoms with Crippen molar-refractivity contribution in [3.8, 4) is 17.5 Å². The third-order valence-corrected chi connectivity index (χ3v) is 2.46. The average Bonchev–Trinajstić information content (AvgIpc) is 2.39. The van der Waals surface area contributed by atoms with Crippen LogP contribution in [0.3, 0.4) is 0 Å². The Morgan fingerprint density at radius 2 is 2.12 bits per heavy atom. The van der Waals surface area contributed by atoms with Crippen molar-refractivity contribution in [1.29, 1.82) is 5.26 Å². The SMILES string of the molecule is C[C@H](N)c1cccnc1-c1ccc(C#N)cn1. The molecule has 0 amide bonds. The summed E-state index contributed by atoms with van der Waals surface area (Å²) in [5, 5.41) is 8.72. The smallest absolute Gasteiger partial charge is 0.101 e. The summed E-state index contributed by atoms with van der Waals surface area (Å²) in [6.45, 7) is 1.91. The van der Waals surface area contributed by atoms with Gasteiger partial charge in [0.2, 0.25) is 0 Å². The van der Waals surface area contributed by atoms with Crippen LogP contribution < -0.4 is 5.73 Å². The fourth-order valence-electron chi connectivity index (χ4n) is 1.60. The molecule has 0 fully saturated rings. The highest BCUT2D eigenvalue weighted by Gasteiger charge is 2.10. The number of aromatic nitrogens is 2. The fraction of sp³-hybridized carbons (Fsp3) is 0.154. The molecule has 0 unspecified atom stereocenters. The number of pyridine rings is 2. The minimum absolute atomic E-state index is 0.101. The van der Waals surface area contributed by atoms with Gasteiger partial charge in [-0.1, -0.05) is 6.07 Å². The molecule has 0 aromatic carbocycles. The topological polar surface area (TPSA) is 75.6 Å². The number of nitrogens with zero attached hydrogens (tertiary/aromatic N) is 3. The van der Waals surface area contributed by atoms with Gasteiger partial charge in [-0.2, -0.15) is 5.26 Å². The zero-order valence-electron chi connectivity index (χ0n) is 9.46. The van der Waals surface area contributed by atoms with Crippen LogP contribution in [0.25, 0.3) is 11.4 Å². The molecule has 0 saturated heterocycles. The van der Waals surface area contributed by atoms with E-state index < -0.39 is 0 Å². The lowest BCUT2D eigenvalue weighted by Crippen LogP contribution is -2.08. The normalized spacial score (nSPS) is 11.8. The Balaban J connectivity index is 2.49. The van der Waals surface area contributed by atoms with Crippen molar-refractivity contribution in [3.05, 3.63) is 47.8 Å².